The summed E-state index contributed by atoms with van der Waals surface area (Å²) in [6.45, 7) is 11.9. The maximum Gasteiger partial charge on any atom is 0.228 e. The molecule has 1 aliphatic rings. The summed E-state index contributed by atoms with van der Waals surface area (Å²) in [7, 11) is 0. The Kier molecular flexibility index (Phi) is 5.42. The molecule has 1 aromatic rings. The SMILES string of the molecule is CC(C)Nc1nc(NC(C)C)nc(C2=C(F)C(O)CC(C)(C)C2)n1. The van der Waals surface area contributed by atoms with E-state index in [2.05, 4.69) is 25.6 Å². The van der Waals surface area contributed by atoms with Gasteiger partial charge in [0.2, 0.25) is 11.9 Å². The number of rotatable bonds is 5. The molecule has 1 atom stereocenters. The van der Waals surface area contributed by atoms with Gasteiger partial charge in [0, 0.05) is 17.7 Å². The first kappa shape index (κ1) is 18.6. The number of aromatic nitrogens is 3. The number of hydrogen-bond acceptors (Lipinski definition) is 6. The molecule has 6 nitrogen and oxygen atoms in total. The number of hydrogen-bond donors (Lipinski definition) is 3. The molecule has 0 amide bonds. The Morgan fingerprint density at radius 2 is 1.54 bits per heavy atom. The van der Waals surface area contributed by atoms with E-state index in [-0.39, 0.29) is 23.3 Å². The maximum atomic E-state index is 14.5. The molecule has 3 N–H and O–H groups in total. The van der Waals surface area contributed by atoms with Crippen molar-refractivity contribution in [2.75, 3.05) is 10.6 Å². The van der Waals surface area contributed by atoms with Gasteiger partial charge in [-0.3, -0.25) is 0 Å². The van der Waals surface area contributed by atoms with Gasteiger partial charge in [-0.25, -0.2) is 4.39 Å². The van der Waals surface area contributed by atoms with Gasteiger partial charge in [-0.15, -0.1) is 0 Å². The number of halogens is 1. The molecule has 1 heterocycles. The van der Waals surface area contributed by atoms with Gasteiger partial charge in [-0.05, 0) is 46.0 Å². The van der Waals surface area contributed by atoms with Gasteiger partial charge in [0.1, 0.15) is 11.9 Å². The normalized spacial score (nSPS) is 20.7. The molecular weight excluding hydrogens is 309 g/mol. The third kappa shape index (κ3) is 4.63. The first-order valence-corrected chi connectivity index (χ1v) is 8.43. The fourth-order valence-corrected chi connectivity index (χ4v) is 2.79. The van der Waals surface area contributed by atoms with Crippen molar-refractivity contribution in [2.24, 2.45) is 5.41 Å². The van der Waals surface area contributed by atoms with E-state index in [1.54, 1.807) is 0 Å². The third-order valence-electron chi connectivity index (χ3n) is 3.72. The minimum Gasteiger partial charge on any atom is -0.386 e. The van der Waals surface area contributed by atoms with E-state index in [1.165, 1.54) is 0 Å². The smallest absolute Gasteiger partial charge is 0.228 e. The monoisotopic (exact) mass is 337 g/mol. The first-order chi connectivity index (χ1) is 11.1. The van der Waals surface area contributed by atoms with Crippen LogP contribution < -0.4 is 10.6 Å². The Morgan fingerprint density at radius 3 is 2.00 bits per heavy atom. The van der Waals surface area contributed by atoms with Crippen LogP contribution >= 0.6 is 0 Å². The van der Waals surface area contributed by atoms with Crippen LogP contribution in [0.15, 0.2) is 5.83 Å². The highest BCUT2D eigenvalue weighted by Gasteiger charge is 2.35. The van der Waals surface area contributed by atoms with E-state index < -0.39 is 11.9 Å². The third-order valence-corrected chi connectivity index (χ3v) is 3.72. The molecule has 1 aromatic heterocycles. The van der Waals surface area contributed by atoms with E-state index >= 15 is 0 Å². The molecule has 0 aliphatic heterocycles. The Bertz CT molecular complexity index is 599. The summed E-state index contributed by atoms with van der Waals surface area (Å²) >= 11 is 0. The molecule has 2 rings (SSSR count). The van der Waals surface area contributed by atoms with Gasteiger partial charge in [-0.1, -0.05) is 13.8 Å². The lowest BCUT2D eigenvalue weighted by molar-refractivity contribution is 0.113. The number of nitrogens with one attached hydrogen (secondary N) is 2. The van der Waals surface area contributed by atoms with Crippen molar-refractivity contribution in [3.63, 3.8) is 0 Å². The number of anilines is 2. The maximum absolute atomic E-state index is 14.5. The van der Waals surface area contributed by atoms with Crippen LogP contribution in [0.4, 0.5) is 16.3 Å². The molecule has 1 unspecified atom stereocenters. The zero-order valence-corrected chi connectivity index (χ0v) is 15.3. The van der Waals surface area contributed by atoms with Crippen molar-refractivity contribution in [3.8, 4) is 0 Å². The average Bonchev–Trinajstić information content (AvgIpc) is 2.40. The van der Waals surface area contributed by atoms with Crippen LogP contribution in [0.2, 0.25) is 0 Å². The molecular formula is C17H28FN5O. The molecule has 1 aliphatic carbocycles. The van der Waals surface area contributed by atoms with Gasteiger partial charge < -0.3 is 15.7 Å². The molecule has 0 bridgehead atoms. The topological polar surface area (TPSA) is 83.0 Å². The van der Waals surface area contributed by atoms with Crippen LogP contribution in [0.1, 0.15) is 60.2 Å². The number of aliphatic hydroxyl groups is 1. The highest BCUT2D eigenvalue weighted by atomic mass is 19.1. The average molecular weight is 337 g/mol. The number of aliphatic hydroxyl groups excluding tert-OH is 1. The van der Waals surface area contributed by atoms with Crippen molar-refractivity contribution in [2.45, 2.75) is 72.6 Å². The lowest BCUT2D eigenvalue weighted by Gasteiger charge is -2.33. The summed E-state index contributed by atoms with van der Waals surface area (Å²) in [4.78, 5) is 13.1. The van der Waals surface area contributed by atoms with E-state index in [4.69, 9.17) is 0 Å². The lowest BCUT2D eigenvalue weighted by Crippen LogP contribution is -2.28. The minimum absolute atomic E-state index is 0.138. The van der Waals surface area contributed by atoms with Gasteiger partial charge in [0.25, 0.3) is 0 Å². The largest absolute Gasteiger partial charge is 0.386 e. The van der Waals surface area contributed by atoms with Crippen LogP contribution in [0, 0.1) is 5.41 Å². The van der Waals surface area contributed by atoms with Crippen molar-refractivity contribution in [1.82, 2.24) is 15.0 Å². The first-order valence-electron chi connectivity index (χ1n) is 8.43. The van der Waals surface area contributed by atoms with Gasteiger partial charge in [0.05, 0.1) is 0 Å². The van der Waals surface area contributed by atoms with Gasteiger partial charge in [-0.2, -0.15) is 15.0 Å². The molecule has 0 saturated heterocycles. The summed E-state index contributed by atoms with van der Waals surface area (Å²) in [5.41, 5.74) is 0.147. The fourth-order valence-electron chi connectivity index (χ4n) is 2.79. The van der Waals surface area contributed by atoms with Crippen LogP contribution in [-0.4, -0.2) is 38.2 Å². The van der Waals surface area contributed by atoms with Crippen molar-refractivity contribution >= 4 is 17.5 Å². The molecule has 24 heavy (non-hydrogen) atoms. The standard InChI is InChI=1S/C17H28FN5O/c1-9(2)19-15-21-14(22-16(23-15)20-10(3)4)11-7-17(5,6)8-12(24)13(11)18/h9-10,12,24H,7-8H2,1-6H3,(H2,19,20,21,22,23). The summed E-state index contributed by atoms with van der Waals surface area (Å²) in [5, 5.41) is 16.3. The molecule has 0 radical (unpaired) electrons. The summed E-state index contributed by atoms with van der Waals surface area (Å²) in [6, 6.07) is 0.277. The second-order valence-corrected chi connectivity index (χ2v) is 7.79. The van der Waals surface area contributed by atoms with Crippen LogP contribution in [-0.2, 0) is 0 Å². The van der Waals surface area contributed by atoms with Gasteiger partial charge >= 0.3 is 0 Å². The predicted octanol–water partition coefficient (Wildman–Crippen LogP) is 3.37. The van der Waals surface area contributed by atoms with E-state index in [0.717, 1.165) is 0 Å². The van der Waals surface area contributed by atoms with Crippen molar-refractivity contribution in [1.29, 1.82) is 0 Å². The molecule has 0 aromatic carbocycles. The van der Waals surface area contributed by atoms with Crippen LogP contribution in [0.5, 0.6) is 0 Å². The second-order valence-electron chi connectivity index (χ2n) is 7.79. The lowest BCUT2D eigenvalue weighted by atomic mass is 9.75. The molecule has 7 heteroatoms. The van der Waals surface area contributed by atoms with Crippen LogP contribution in [0.25, 0.3) is 5.57 Å². The minimum atomic E-state index is -1.11. The Labute approximate surface area is 143 Å². The zero-order chi connectivity index (χ0) is 18.1. The van der Waals surface area contributed by atoms with E-state index in [9.17, 15) is 9.50 Å². The second kappa shape index (κ2) is 7.01. The molecule has 134 valence electrons. The zero-order valence-electron chi connectivity index (χ0n) is 15.3. The van der Waals surface area contributed by atoms with Crippen molar-refractivity contribution in [3.05, 3.63) is 11.7 Å². The summed E-state index contributed by atoms with van der Waals surface area (Å²) < 4.78 is 14.5. The Balaban J connectivity index is 2.49. The fraction of sp³-hybridized carbons (Fsp3) is 0.706. The predicted molar refractivity (Wildman–Crippen MR) is 94.4 cm³/mol. The number of nitrogens with zero attached hydrogens (tertiary/aromatic N) is 3. The molecule has 0 fully saturated rings. The summed E-state index contributed by atoms with van der Waals surface area (Å²) in [5.74, 6) is 0.541. The number of allylic oxidation sites excluding steroid dienone is 1. The summed E-state index contributed by atoms with van der Waals surface area (Å²) in [6.07, 6.45) is -0.243. The Hall–Kier alpha value is -1.76. The van der Waals surface area contributed by atoms with Gasteiger partial charge in [0.15, 0.2) is 5.82 Å². The molecule has 0 spiro atoms. The quantitative estimate of drug-likeness (QED) is 0.764. The van der Waals surface area contributed by atoms with E-state index in [1.807, 2.05) is 41.5 Å². The van der Waals surface area contributed by atoms with Crippen LogP contribution in [0.3, 0.4) is 0 Å². The molecule has 0 saturated carbocycles. The highest BCUT2D eigenvalue weighted by Crippen LogP contribution is 2.42. The van der Waals surface area contributed by atoms with Crippen molar-refractivity contribution < 1.29 is 9.50 Å². The van der Waals surface area contributed by atoms with E-state index in [0.29, 0.717) is 30.3 Å². The Morgan fingerprint density at radius 1 is 1.04 bits per heavy atom. The highest BCUT2D eigenvalue weighted by molar-refractivity contribution is 5.66.